The Bertz CT molecular complexity index is 1550. The molecule has 2 rings (SSSR count). The van der Waals surface area contributed by atoms with Gasteiger partial charge >= 0.3 is 5.97 Å². The third kappa shape index (κ3) is 25.0. The molecule has 0 spiro atoms. The second-order valence-electron chi connectivity index (χ2n) is 15.3. The molecule has 0 fully saturated rings. The summed E-state index contributed by atoms with van der Waals surface area (Å²) in [4.78, 5) is 75.3. The molecule has 13 N–H and O–H groups in total. The molecule has 0 heterocycles. The summed E-state index contributed by atoms with van der Waals surface area (Å²) in [5, 5.41) is 13.7. The minimum atomic E-state index is -0.669. The zero-order chi connectivity index (χ0) is 45.2. The molecular weight excluding hydrogens is 795 g/mol. The van der Waals surface area contributed by atoms with Crippen molar-refractivity contribution in [3.8, 4) is 5.75 Å². The first-order valence-corrected chi connectivity index (χ1v) is 22.3. The van der Waals surface area contributed by atoms with Crippen LogP contribution in [-0.2, 0) is 30.5 Å². The van der Waals surface area contributed by atoms with Crippen LogP contribution in [0.5, 0.6) is 5.75 Å². The third-order valence-corrected chi connectivity index (χ3v) is 9.93. The summed E-state index contributed by atoms with van der Waals surface area (Å²) < 4.78 is 11.2. The van der Waals surface area contributed by atoms with Gasteiger partial charge in [-0.1, -0.05) is 81.7 Å². The number of carbonyl (C=O) groups excluding carboxylic acids is 6. The van der Waals surface area contributed by atoms with Crippen molar-refractivity contribution in [3.63, 3.8) is 0 Å². The lowest BCUT2D eigenvalue weighted by molar-refractivity contribution is -0.145. The first-order valence-electron chi connectivity index (χ1n) is 22.3. The monoisotopic (exact) mass is 868 g/mol. The largest absolute Gasteiger partial charge is 0.492 e. The summed E-state index contributed by atoms with van der Waals surface area (Å²) in [6.45, 7) is 2.21. The second kappa shape index (κ2) is 33.5. The van der Waals surface area contributed by atoms with Crippen molar-refractivity contribution < 1.29 is 38.2 Å². The average molecular weight is 868 g/mol. The summed E-state index contributed by atoms with van der Waals surface area (Å²) in [7, 11) is 0. The van der Waals surface area contributed by atoms with E-state index in [1.165, 1.54) is 18.2 Å². The van der Waals surface area contributed by atoms with Gasteiger partial charge in [0.25, 0.3) is 11.8 Å². The van der Waals surface area contributed by atoms with Crippen molar-refractivity contribution in [2.24, 2.45) is 22.9 Å². The molecule has 1 unspecified atom stereocenters. The van der Waals surface area contributed by atoms with Crippen molar-refractivity contribution in [1.82, 2.24) is 26.6 Å². The molecule has 5 amide bonds. The van der Waals surface area contributed by atoms with E-state index in [1.54, 1.807) is 0 Å². The highest BCUT2D eigenvalue weighted by Gasteiger charge is 2.17. The first kappa shape index (κ1) is 53.0. The van der Waals surface area contributed by atoms with Crippen molar-refractivity contribution >= 4 is 35.5 Å². The van der Waals surface area contributed by atoms with Crippen LogP contribution in [0.15, 0.2) is 48.5 Å². The number of nitrogens with one attached hydrogen (secondary N) is 5. The highest BCUT2D eigenvalue weighted by Crippen LogP contribution is 2.18. The minimum Gasteiger partial charge on any atom is -0.492 e. The summed E-state index contributed by atoms with van der Waals surface area (Å²) in [5.41, 5.74) is 24.2. The topological polar surface area (TPSA) is 285 Å². The molecule has 17 nitrogen and oxygen atoms in total. The standard InChI is InChI=1S/C45H73N9O8/c46-22-14-12-18-38(48)44(59)53-26-24-51-42(57)35-30-36(43(58)52-25-27-54-45(60)39(49)19-13-15-23-47)32-37(31-35)61-29-28-50-40(55)20-10-5-3-1-2-4-6-11-21-41(56)62-33-34-16-8-7-9-17-34/h7-9,16-17,30-32,38-39H,1-6,10-15,18-29,33,46-49H2,(H,50,55)(H,51,57)(H,52,58)(H,53,59)(H,54,60)/t38-,39?/m0/s1. The number of nitrogens with two attached hydrogens (primary N) is 4. The van der Waals surface area contributed by atoms with Gasteiger partial charge in [0.15, 0.2) is 0 Å². The van der Waals surface area contributed by atoms with Crippen LogP contribution in [0.25, 0.3) is 0 Å². The maximum absolute atomic E-state index is 13.2. The Morgan fingerprint density at radius 1 is 0.532 bits per heavy atom. The van der Waals surface area contributed by atoms with E-state index in [-0.39, 0.29) is 79.9 Å². The molecule has 17 heteroatoms. The number of benzene rings is 2. The fraction of sp³-hybridized carbons (Fsp3) is 0.600. The molecule has 0 radical (unpaired) electrons. The van der Waals surface area contributed by atoms with Crippen LogP contribution in [0.2, 0.25) is 0 Å². The molecule has 0 saturated heterocycles. The van der Waals surface area contributed by atoms with Crippen LogP contribution in [0, 0.1) is 0 Å². The molecule has 2 aromatic rings. The van der Waals surface area contributed by atoms with Gasteiger partial charge in [0.05, 0.1) is 18.6 Å². The quantitative estimate of drug-likeness (QED) is 0.0357. The third-order valence-electron chi connectivity index (χ3n) is 9.93. The number of unbranched alkanes of at least 4 members (excludes halogenated alkanes) is 9. The lowest BCUT2D eigenvalue weighted by atomic mass is 10.1. The van der Waals surface area contributed by atoms with E-state index in [0.717, 1.165) is 82.6 Å². The summed E-state index contributed by atoms with van der Waals surface area (Å²) >= 11 is 0. The van der Waals surface area contributed by atoms with Gasteiger partial charge in [-0.05, 0) is 75.4 Å². The average Bonchev–Trinajstić information content (AvgIpc) is 3.27. The van der Waals surface area contributed by atoms with Gasteiger partial charge in [-0.25, -0.2) is 0 Å². The van der Waals surface area contributed by atoms with Crippen LogP contribution in [0.1, 0.15) is 129 Å². The van der Waals surface area contributed by atoms with Crippen molar-refractivity contribution in [2.75, 3.05) is 52.4 Å². The highest BCUT2D eigenvalue weighted by molar-refractivity contribution is 6.00. The minimum absolute atomic E-state index is 0.0897. The van der Waals surface area contributed by atoms with Crippen LogP contribution in [-0.4, -0.2) is 100 Å². The van der Waals surface area contributed by atoms with Gasteiger partial charge in [-0.3, -0.25) is 28.8 Å². The molecule has 0 aromatic heterocycles. The van der Waals surface area contributed by atoms with Gasteiger partial charge in [0.2, 0.25) is 17.7 Å². The molecule has 0 saturated carbocycles. The zero-order valence-electron chi connectivity index (χ0n) is 36.5. The van der Waals surface area contributed by atoms with Crippen LogP contribution >= 0.6 is 0 Å². The van der Waals surface area contributed by atoms with Crippen LogP contribution in [0.3, 0.4) is 0 Å². The Morgan fingerprint density at radius 2 is 1.02 bits per heavy atom. The Morgan fingerprint density at radius 3 is 1.53 bits per heavy atom. The Labute approximate surface area is 367 Å². The molecule has 0 aliphatic carbocycles. The maximum atomic E-state index is 13.2. The lowest BCUT2D eigenvalue weighted by Gasteiger charge is -2.14. The lowest BCUT2D eigenvalue weighted by Crippen LogP contribution is -2.43. The van der Waals surface area contributed by atoms with Gasteiger partial charge in [-0.15, -0.1) is 0 Å². The summed E-state index contributed by atoms with van der Waals surface area (Å²) in [6.07, 6.45) is 12.6. The van der Waals surface area contributed by atoms with Crippen molar-refractivity contribution in [2.45, 2.75) is 121 Å². The Balaban J connectivity index is 1.75. The highest BCUT2D eigenvalue weighted by atomic mass is 16.5. The molecule has 62 heavy (non-hydrogen) atoms. The predicted molar refractivity (Wildman–Crippen MR) is 240 cm³/mol. The van der Waals surface area contributed by atoms with E-state index >= 15 is 0 Å². The zero-order valence-corrected chi connectivity index (χ0v) is 36.5. The van der Waals surface area contributed by atoms with Gasteiger partial charge in [0, 0.05) is 50.1 Å². The Kier molecular flexibility index (Phi) is 28.7. The summed E-state index contributed by atoms with van der Waals surface area (Å²) in [6, 6.07) is 12.7. The SMILES string of the molecule is NCCCCC(N)C(=O)NCCNC(=O)c1cc(OCCNC(=O)CCCCCCCCCCC(=O)OCc2ccccc2)cc(C(=O)NCCNC(=O)[C@@H](N)CCCCN)c1. The predicted octanol–water partition coefficient (Wildman–Crippen LogP) is 2.43. The molecule has 2 aromatic carbocycles. The maximum Gasteiger partial charge on any atom is 0.306 e. The van der Waals surface area contributed by atoms with Crippen molar-refractivity contribution in [3.05, 3.63) is 65.2 Å². The molecule has 346 valence electrons. The number of esters is 1. The van der Waals surface area contributed by atoms with Gasteiger partial charge in [-0.2, -0.15) is 0 Å². The fourth-order valence-electron chi connectivity index (χ4n) is 6.29. The second-order valence-corrected chi connectivity index (χ2v) is 15.3. The van der Waals surface area contributed by atoms with E-state index in [4.69, 9.17) is 32.4 Å². The van der Waals surface area contributed by atoms with Gasteiger partial charge < -0.3 is 59.0 Å². The first-order chi connectivity index (χ1) is 30.0. The van der Waals surface area contributed by atoms with E-state index in [0.29, 0.717) is 45.4 Å². The number of rotatable bonds is 35. The molecule has 0 aliphatic rings. The van der Waals surface area contributed by atoms with Crippen LogP contribution in [0.4, 0.5) is 0 Å². The fourth-order valence-corrected chi connectivity index (χ4v) is 6.29. The molecule has 0 aliphatic heterocycles. The smallest absolute Gasteiger partial charge is 0.306 e. The van der Waals surface area contributed by atoms with E-state index < -0.39 is 23.9 Å². The van der Waals surface area contributed by atoms with E-state index in [9.17, 15) is 28.8 Å². The van der Waals surface area contributed by atoms with Crippen LogP contribution < -0.4 is 54.3 Å². The van der Waals surface area contributed by atoms with Crippen molar-refractivity contribution in [1.29, 1.82) is 0 Å². The Hall–Kier alpha value is -5.10. The van der Waals surface area contributed by atoms with Gasteiger partial charge in [0.1, 0.15) is 19.0 Å². The number of carbonyl (C=O) groups is 6. The number of hydrogen-bond acceptors (Lipinski definition) is 12. The molecular formula is C45H73N9O8. The number of hydrogen-bond donors (Lipinski definition) is 9. The van der Waals surface area contributed by atoms with E-state index in [1.807, 2.05) is 30.3 Å². The molecule has 2 atom stereocenters. The molecule has 0 bridgehead atoms. The number of amides is 5. The summed E-state index contributed by atoms with van der Waals surface area (Å²) in [5.74, 6) is -1.64. The normalized spacial score (nSPS) is 11.8. The van der Waals surface area contributed by atoms with E-state index in [2.05, 4.69) is 26.6 Å². The number of ether oxygens (including phenoxy) is 2.